The molecule has 1 amide bonds. The van der Waals surface area contributed by atoms with Gasteiger partial charge in [0, 0.05) is 38.8 Å². The average molecular weight is 343 g/mol. The zero-order valence-electron chi connectivity index (χ0n) is 14.4. The summed E-state index contributed by atoms with van der Waals surface area (Å²) < 4.78 is 18.3. The van der Waals surface area contributed by atoms with Gasteiger partial charge >= 0.3 is 0 Å². The number of carbonyl (C=O) groups is 1. The molecule has 0 unspecified atom stereocenters. The standard InChI is InChI=1S/C19H22FN3O2/c1-14-12-17(21-25-14)13-22-8-10-23(11-9-22)18(24)19(6-7-19)15-2-4-16(20)5-3-15/h2-5,12H,6-11,13H2,1H3. The van der Waals surface area contributed by atoms with Crippen LogP contribution in [0.15, 0.2) is 34.9 Å². The first-order valence-corrected chi connectivity index (χ1v) is 8.77. The molecular weight excluding hydrogens is 321 g/mol. The lowest BCUT2D eigenvalue weighted by Crippen LogP contribution is -2.51. The van der Waals surface area contributed by atoms with Crippen molar-refractivity contribution in [3.05, 3.63) is 53.2 Å². The van der Waals surface area contributed by atoms with E-state index in [4.69, 9.17) is 4.52 Å². The zero-order chi connectivity index (χ0) is 17.4. The minimum Gasteiger partial charge on any atom is -0.361 e. The lowest BCUT2D eigenvalue weighted by molar-refractivity contribution is -0.135. The van der Waals surface area contributed by atoms with Crippen molar-refractivity contribution < 1.29 is 13.7 Å². The van der Waals surface area contributed by atoms with Crippen LogP contribution < -0.4 is 0 Å². The molecule has 1 saturated carbocycles. The largest absolute Gasteiger partial charge is 0.361 e. The minimum absolute atomic E-state index is 0.191. The van der Waals surface area contributed by atoms with Crippen molar-refractivity contribution >= 4 is 5.91 Å². The van der Waals surface area contributed by atoms with Gasteiger partial charge in [-0.1, -0.05) is 17.3 Å². The van der Waals surface area contributed by atoms with Crippen molar-refractivity contribution in [2.24, 2.45) is 0 Å². The summed E-state index contributed by atoms with van der Waals surface area (Å²) in [5.41, 5.74) is 1.46. The molecule has 1 aliphatic heterocycles. The van der Waals surface area contributed by atoms with E-state index in [9.17, 15) is 9.18 Å². The van der Waals surface area contributed by atoms with Crippen LogP contribution >= 0.6 is 0 Å². The van der Waals surface area contributed by atoms with E-state index in [0.717, 1.165) is 62.6 Å². The summed E-state index contributed by atoms with van der Waals surface area (Å²) in [4.78, 5) is 17.3. The topological polar surface area (TPSA) is 49.6 Å². The fraction of sp³-hybridized carbons (Fsp3) is 0.474. The number of amides is 1. The van der Waals surface area contributed by atoms with E-state index >= 15 is 0 Å². The van der Waals surface area contributed by atoms with E-state index < -0.39 is 5.41 Å². The maximum absolute atomic E-state index is 13.2. The smallest absolute Gasteiger partial charge is 0.233 e. The molecule has 2 aromatic rings. The molecule has 5 nitrogen and oxygen atoms in total. The van der Waals surface area contributed by atoms with Crippen LogP contribution in [0.2, 0.25) is 0 Å². The minimum atomic E-state index is -0.418. The van der Waals surface area contributed by atoms with Crippen LogP contribution in [0.1, 0.15) is 29.9 Å². The van der Waals surface area contributed by atoms with Crippen LogP contribution in [0.4, 0.5) is 4.39 Å². The molecule has 0 N–H and O–H groups in total. The molecule has 0 bridgehead atoms. The Morgan fingerprint density at radius 2 is 1.88 bits per heavy atom. The Hall–Kier alpha value is -2.21. The van der Waals surface area contributed by atoms with Gasteiger partial charge in [0.25, 0.3) is 0 Å². The molecule has 1 aliphatic carbocycles. The van der Waals surface area contributed by atoms with Gasteiger partial charge in [-0.3, -0.25) is 9.69 Å². The Kier molecular flexibility index (Phi) is 4.07. The summed E-state index contributed by atoms with van der Waals surface area (Å²) in [5, 5.41) is 4.03. The van der Waals surface area contributed by atoms with Gasteiger partial charge in [0.15, 0.2) is 0 Å². The predicted octanol–water partition coefficient (Wildman–Crippen LogP) is 2.50. The third-order valence-electron chi connectivity index (χ3n) is 5.28. The second kappa shape index (κ2) is 6.26. The van der Waals surface area contributed by atoms with Gasteiger partial charge in [-0.05, 0) is 37.5 Å². The van der Waals surface area contributed by atoms with E-state index in [2.05, 4.69) is 10.1 Å². The Morgan fingerprint density at radius 3 is 2.44 bits per heavy atom. The van der Waals surface area contributed by atoms with Gasteiger partial charge in [0.2, 0.25) is 5.91 Å². The van der Waals surface area contributed by atoms with Crippen molar-refractivity contribution in [3.8, 4) is 0 Å². The number of nitrogens with zero attached hydrogens (tertiary/aromatic N) is 3. The van der Waals surface area contributed by atoms with Crippen LogP contribution in [0.5, 0.6) is 0 Å². The number of rotatable bonds is 4. The number of carbonyl (C=O) groups excluding carboxylic acids is 1. The second-order valence-electron chi connectivity index (χ2n) is 7.09. The van der Waals surface area contributed by atoms with Crippen molar-refractivity contribution in [1.29, 1.82) is 0 Å². The van der Waals surface area contributed by atoms with Gasteiger partial charge in [-0.2, -0.15) is 0 Å². The van der Waals surface area contributed by atoms with Crippen LogP contribution in [0, 0.1) is 12.7 Å². The number of piperazine rings is 1. The number of hydrogen-bond donors (Lipinski definition) is 0. The molecule has 1 aromatic carbocycles. The van der Waals surface area contributed by atoms with Crippen molar-refractivity contribution in [2.45, 2.75) is 31.7 Å². The van der Waals surface area contributed by atoms with E-state index in [1.165, 1.54) is 12.1 Å². The fourth-order valence-electron chi connectivity index (χ4n) is 3.65. The van der Waals surface area contributed by atoms with E-state index in [-0.39, 0.29) is 11.7 Å². The SMILES string of the molecule is Cc1cc(CN2CCN(C(=O)C3(c4ccc(F)cc4)CC3)CC2)no1. The van der Waals surface area contributed by atoms with Gasteiger partial charge in [-0.15, -0.1) is 0 Å². The lowest BCUT2D eigenvalue weighted by Gasteiger charge is -2.36. The third-order valence-corrected chi connectivity index (χ3v) is 5.28. The quantitative estimate of drug-likeness (QED) is 0.856. The first-order chi connectivity index (χ1) is 12.1. The Balaban J connectivity index is 1.37. The lowest BCUT2D eigenvalue weighted by atomic mass is 9.94. The van der Waals surface area contributed by atoms with Crippen LogP contribution in [-0.2, 0) is 16.8 Å². The van der Waals surface area contributed by atoms with E-state index in [1.54, 1.807) is 12.1 Å². The molecule has 0 spiro atoms. The third kappa shape index (κ3) is 3.18. The highest BCUT2D eigenvalue weighted by molar-refractivity contribution is 5.91. The molecule has 2 heterocycles. The Labute approximate surface area is 146 Å². The molecule has 0 radical (unpaired) electrons. The first kappa shape index (κ1) is 16.3. The molecule has 1 saturated heterocycles. The summed E-state index contributed by atoms with van der Waals surface area (Å²) in [6.45, 7) is 5.74. The number of benzene rings is 1. The van der Waals surface area contributed by atoms with E-state index in [1.807, 2.05) is 17.9 Å². The Morgan fingerprint density at radius 1 is 1.20 bits per heavy atom. The summed E-state index contributed by atoms with van der Waals surface area (Å²) in [6, 6.07) is 8.35. The maximum Gasteiger partial charge on any atom is 0.233 e. The van der Waals surface area contributed by atoms with Gasteiger partial charge in [-0.25, -0.2) is 4.39 Å². The molecule has 25 heavy (non-hydrogen) atoms. The molecular formula is C19H22FN3O2. The van der Waals surface area contributed by atoms with Crippen LogP contribution in [-0.4, -0.2) is 47.0 Å². The summed E-state index contributed by atoms with van der Waals surface area (Å²) in [6.07, 6.45) is 1.71. The highest BCUT2D eigenvalue weighted by Crippen LogP contribution is 2.49. The monoisotopic (exact) mass is 343 g/mol. The molecule has 132 valence electrons. The number of halogens is 1. The van der Waals surface area contributed by atoms with E-state index in [0.29, 0.717) is 0 Å². The van der Waals surface area contributed by atoms with Crippen molar-refractivity contribution in [2.75, 3.05) is 26.2 Å². The summed E-state index contributed by atoms with van der Waals surface area (Å²) in [5.74, 6) is 0.749. The maximum atomic E-state index is 13.2. The zero-order valence-corrected chi connectivity index (χ0v) is 14.4. The highest BCUT2D eigenvalue weighted by Gasteiger charge is 2.53. The molecule has 1 aromatic heterocycles. The van der Waals surface area contributed by atoms with Crippen molar-refractivity contribution in [3.63, 3.8) is 0 Å². The highest BCUT2D eigenvalue weighted by atomic mass is 19.1. The molecule has 2 fully saturated rings. The van der Waals surface area contributed by atoms with Gasteiger partial charge in [0.05, 0.1) is 11.1 Å². The van der Waals surface area contributed by atoms with Crippen LogP contribution in [0.3, 0.4) is 0 Å². The predicted molar refractivity (Wildman–Crippen MR) is 90.4 cm³/mol. The molecule has 6 heteroatoms. The number of aryl methyl sites for hydroxylation is 1. The molecule has 2 aliphatic rings. The normalized spacial score (nSPS) is 19.8. The fourth-order valence-corrected chi connectivity index (χ4v) is 3.65. The second-order valence-corrected chi connectivity index (χ2v) is 7.09. The first-order valence-electron chi connectivity index (χ1n) is 8.77. The summed E-state index contributed by atoms with van der Waals surface area (Å²) >= 11 is 0. The average Bonchev–Trinajstić information content (AvgIpc) is 3.33. The number of aromatic nitrogens is 1. The Bertz CT molecular complexity index is 759. The molecule has 0 atom stereocenters. The van der Waals surface area contributed by atoms with Gasteiger partial charge < -0.3 is 9.42 Å². The summed E-state index contributed by atoms with van der Waals surface area (Å²) in [7, 11) is 0. The van der Waals surface area contributed by atoms with Gasteiger partial charge in [0.1, 0.15) is 11.6 Å². The van der Waals surface area contributed by atoms with Crippen molar-refractivity contribution in [1.82, 2.24) is 15.0 Å². The number of hydrogen-bond acceptors (Lipinski definition) is 4. The van der Waals surface area contributed by atoms with Crippen LogP contribution in [0.25, 0.3) is 0 Å². The molecule has 4 rings (SSSR count).